The van der Waals surface area contributed by atoms with Crippen molar-refractivity contribution in [3.63, 3.8) is 0 Å². The number of aromatic carboxylic acids is 1. The van der Waals surface area contributed by atoms with Crippen LogP contribution in [0.25, 0.3) is 0 Å². The average Bonchev–Trinajstić information content (AvgIpc) is 3.00. The van der Waals surface area contributed by atoms with Gasteiger partial charge >= 0.3 is 5.97 Å². The molecule has 0 aromatic carbocycles. The summed E-state index contributed by atoms with van der Waals surface area (Å²) in [5.41, 5.74) is 0.979. The van der Waals surface area contributed by atoms with E-state index in [0.717, 1.165) is 15.6 Å². The number of carbonyl (C=O) groups is 2. The van der Waals surface area contributed by atoms with Gasteiger partial charge in [0.2, 0.25) is 0 Å². The van der Waals surface area contributed by atoms with Gasteiger partial charge in [-0.15, -0.1) is 11.3 Å². The third kappa shape index (κ3) is 3.30. The topological polar surface area (TPSA) is 92.4 Å². The lowest BCUT2D eigenvalue weighted by Gasteiger charge is -1.99. The van der Waals surface area contributed by atoms with E-state index in [0.29, 0.717) is 18.7 Å². The van der Waals surface area contributed by atoms with Crippen molar-refractivity contribution in [2.45, 2.75) is 33.7 Å². The van der Waals surface area contributed by atoms with Crippen LogP contribution < -0.4 is 5.32 Å². The number of thiazole rings is 1. The zero-order valence-corrected chi connectivity index (χ0v) is 12.8. The number of carbonyl (C=O) groups excluding carboxylic acids is 1. The Morgan fingerprint density at radius 1 is 1.43 bits per heavy atom. The minimum Gasteiger partial charge on any atom is -0.478 e. The summed E-state index contributed by atoms with van der Waals surface area (Å²) in [6.07, 6.45) is 0.416. The van der Waals surface area contributed by atoms with Gasteiger partial charge in [-0.1, -0.05) is 6.92 Å². The highest BCUT2D eigenvalue weighted by Gasteiger charge is 2.20. The first kappa shape index (κ1) is 15.2. The van der Waals surface area contributed by atoms with Crippen molar-refractivity contribution in [3.8, 4) is 0 Å². The molecule has 0 bridgehead atoms. The Morgan fingerprint density at radius 3 is 2.62 bits per heavy atom. The van der Waals surface area contributed by atoms with Gasteiger partial charge in [-0.05, 0) is 13.8 Å². The van der Waals surface area contributed by atoms with Gasteiger partial charge < -0.3 is 14.8 Å². The lowest BCUT2D eigenvalue weighted by atomic mass is 10.2. The summed E-state index contributed by atoms with van der Waals surface area (Å²) in [6, 6.07) is 1.26. The molecule has 0 saturated carbocycles. The first-order valence-electron chi connectivity index (χ1n) is 6.49. The summed E-state index contributed by atoms with van der Waals surface area (Å²) >= 11 is 1.52. The second kappa shape index (κ2) is 6.09. The Hall–Kier alpha value is -2.15. The predicted octanol–water partition coefficient (Wildman–Crippen LogP) is 2.54. The molecule has 112 valence electrons. The predicted molar refractivity (Wildman–Crippen MR) is 77.8 cm³/mol. The smallest absolute Gasteiger partial charge is 0.339 e. The number of aromatic nitrogens is 1. The standard InChI is InChI=1S/C14H16N2O4S/c1-4-10-9(14(18)19)5-11(20-10)13(17)15-6-12-16-7(2)8(3)21-12/h5H,4,6H2,1-3H3,(H,15,17)(H,18,19). The van der Waals surface area contributed by atoms with Crippen LogP contribution in [-0.2, 0) is 13.0 Å². The molecular weight excluding hydrogens is 292 g/mol. The molecule has 0 aliphatic rings. The van der Waals surface area contributed by atoms with E-state index in [4.69, 9.17) is 9.52 Å². The molecule has 0 atom stereocenters. The maximum atomic E-state index is 12.0. The average molecular weight is 308 g/mol. The molecule has 6 nitrogen and oxygen atoms in total. The van der Waals surface area contributed by atoms with Crippen LogP contribution in [0.3, 0.4) is 0 Å². The van der Waals surface area contributed by atoms with E-state index in [9.17, 15) is 9.59 Å². The monoisotopic (exact) mass is 308 g/mol. The number of aryl methyl sites for hydroxylation is 3. The van der Waals surface area contributed by atoms with Gasteiger partial charge in [0.1, 0.15) is 16.3 Å². The van der Waals surface area contributed by atoms with Crippen molar-refractivity contribution in [2.75, 3.05) is 0 Å². The minimum atomic E-state index is -1.10. The van der Waals surface area contributed by atoms with Gasteiger partial charge in [-0.3, -0.25) is 4.79 Å². The molecule has 2 heterocycles. The number of carboxylic acid groups (broad SMARTS) is 1. The van der Waals surface area contributed by atoms with Crippen LogP contribution in [0.4, 0.5) is 0 Å². The normalized spacial score (nSPS) is 10.6. The molecule has 0 radical (unpaired) electrons. The van der Waals surface area contributed by atoms with E-state index in [-0.39, 0.29) is 11.3 Å². The summed E-state index contributed by atoms with van der Waals surface area (Å²) < 4.78 is 5.29. The molecule has 0 saturated heterocycles. The Morgan fingerprint density at radius 2 is 2.14 bits per heavy atom. The van der Waals surface area contributed by atoms with Crippen LogP contribution in [-0.4, -0.2) is 22.0 Å². The van der Waals surface area contributed by atoms with Crippen molar-refractivity contribution >= 4 is 23.2 Å². The van der Waals surface area contributed by atoms with Gasteiger partial charge in [0.15, 0.2) is 5.76 Å². The molecule has 0 fully saturated rings. The number of hydrogen-bond acceptors (Lipinski definition) is 5. The van der Waals surface area contributed by atoms with E-state index in [1.54, 1.807) is 6.92 Å². The lowest BCUT2D eigenvalue weighted by molar-refractivity contribution is 0.0694. The highest BCUT2D eigenvalue weighted by atomic mass is 32.1. The third-order valence-corrected chi connectivity index (χ3v) is 4.13. The molecule has 0 spiro atoms. The Kier molecular flexibility index (Phi) is 4.42. The van der Waals surface area contributed by atoms with E-state index < -0.39 is 11.9 Å². The van der Waals surface area contributed by atoms with Crippen LogP contribution in [0.1, 0.15) is 49.2 Å². The van der Waals surface area contributed by atoms with Gasteiger partial charge in [0.05, 0.1) is 12.2 Å². The second-order valence-electron chi connectivity index (χ2n) is 4.54. The number of rotatable bonds is 5. The molecular formula is C14H16N2O4S. The quantitative estimate of drug-likeness (QED) is 0.885. The van der Waals surface area contributed by atoms with Crippen molar-refractivity contribution in [3.05, 3.63) is 38.7 Å². The zero-order chi connectivity index (χ0) is 15.6. The fourth-order valence-electron chi connectivity index (χ4n) is 1.84. The van der Waals surface area contributed by atoms with E-state index in [1.807, 2.05) is 13.8 Å². The van der Waals surface area contributed by atoms with E-state index in [2.05, 4.69) is 10.3 Å². The van der Waals surface area contributed by atoms with Gasteiger partial charge in [-0.25, -0.2) is 9.78 Å². The van der Waals surface area contributed by atoms with E-state index in [1.165, 1.54) is 17.4 Å². The van der Waals surface area contributed by atoms with Gasteiger partial charge in [-0.2, -0.15) is 0 Å². The van der Waals surface area contributed by atoms with E-state index >= 15 is 0 Å². The van der Waals surface area contributed by atoms with Crippen molar-refractivity contribution < 1.29 is 19.1 Å². The Bertz CT molecular complexity index is 668. The lowest BCUT2D eigenvalue weighted by Crippen LogP contribution is -2.22. The fraction of sp³-hybridized carbons (Fsp3) is 0.357. The molecule has 2 aromatic rings. The highest BCUT2D eigenvalue weighted by molar-refractivity contribution is 7.11. The summed E-state index contributed by atoms with van der Waals surface area (Å²) in [7, 11) is 0. The Balaban J connectivity index is 2.08. The molecule has 7 heteroatoms. The number of furan rings is 1. The molecule has 0 aliphatic heterocycles. The molecule has 0 unspecified atom stereocenters. The maximum absolute atomic E-state index is 12.0. The van der Waals surface area contributed by atoms with Crippen molar-refractivity contribution in [1.29, 1.82) is 0 Å². The molecule has 21 heavy (non-hydrogen) atoms. The molecule has 2 N–H and O–H groups in total. The number of carboxylic acids is 1. The van der Waals surface area contributed by atoms with Crippen LogP contribution >= 0.6 is 11.3 Å². The summed E-state index contributed by atoms with van der Waals surface area (Å²) in [5, 5.41) is 12.5. The van der Waals surface area contributed by atoms with Crippen LogP contribution in [0.2, 0.25) is 0 Å². The first-order chi connectivity index (χ1) is 9.92. The van der Waals surface area contributed by atoms with Crippen molar-refractivity contribution in [1.82, 2.24) is 10.3 Å². The minimum absolute atomic E-state index is 0.00856. The zero-order valence-electron chi connectivity index (χ0n) is 12.0. The van der Waals surface area contributed by atoms with Crippen molar-refractivity contribution in [2.24, 2.45) is 0 Å². The summed E-state index contributed by atoms with van der Waals surface area (Å²) in [6.45, 7) is 5.95. The summed E-state index contributed by atoms with van der Waals surface area (Å²) in [4.78, 5) is 28.5. The number of hydrogen-bond donors (Lipinski definition) is 2. The maximum Gasteiger partial charge on any atom is 0.339 e. The van der Waals surface area contributed by atoms with Crippen LogP contribution in [0, 0.1) is 13.8 Å². The Labute approximate surface area is 125 Å². The molecule has 2 aromatic heterocycles. The van der Waals surface area contributed by atoms with Crippen LogP contribution in [0.5, 0.6) is 0 Å². The SMILES string of the molecule is CCc1oc(C(=O)NCc2nc(C)c(C)s2)cc1C(=O)O. The highest BCUT2D eigenvalue weighted by Crippen LogP contribution is 2.18. The summed E-state index contributed by atoms with van der Waals surface area (Å²) in [5.74, 6) is -1.23. The number of nitrogens with zero attached hydrogens (tertiary/aromatic N) is 1. The van der Waals surface area contributed by atoms with Gasteiger partial charge in [0.25, 0.3) is 5.91 Å². The fourth-order valence-corrected chi connectivity index (χ4v) is 2.72. The number of nitrogens with one attached hydrogen (secondary N) is 1. The van der Waals surface area contributed by atoms with Gasteiger partial charge in [0, 0.05) is 17.4 Å². The molecule has 0 aliphatic carbocycles. The second-order valence-corrected chi connectivity index (χ2v) is 5.83. The third-order valence-electron chi connectivity index (χ3n) is 3.06. The molecule has 2 rings (SSSR count). The first-order valence-corrected chi connectivity index (χ1v) is 7.31. The largest absolute Gasteiger partial charge is 0.478 e. The molecule has 1 amide bonds. The van der Waals surface area contributed by atoms with Crippen LogP contribution in [0.15, 0.2) is 10.5 Å². The number of amides is 1.